The molecular formula is C10H11N3OS. The summed E-state index contributed by atoms with van der Waals surface area (Å²) in [5.74, 6) is 2.03. The van der Waals surface area contributed by atoms with Gasteiger partial charge in [-0.3, -0.25) is 0 Å². The highest BCUT2D eigenvalue weighted by Gasteiger charge is 2.03. The molecule has 0 aliphatic carbocycles. The molecule has 2 N–H and O–H groups in total. The van der Waals surface area contributed by atoms with Crippen LogP contribution in [0.3, 0.4) is 0 Å². The maximum absolute atomic E-state index is 5.48. The number of anilines is 1. The molecule has 0 aromatic carbocycles. The van der Waals surface area contributed by atoms with E-state index in [1.165, 1.54) is 0 Å². The zero-order chi connectivity index (χ0) is 10.7. The van der Waals surface area contributed by atoms with Crippen LogP contribution in [0.2, 0.25) is 0 Å². The topological polar surface area (TPSA) is 64.9 Å². The van der Waals surface area contributed by atoms with E-state index in [1.807, 2.05) is 19.1 Å². The molecule has 5 heteroatoms. The number of furan rings is 1. The number of aromatic nitrogens is 2. The molecule has 0 fully saturated rings. The third-order valence-corrected chi connectivity index (χ3v) is 2.90. The van der Waals surface area contributed by atoms with E-state index in [2.05, 4.69) is 9.97 Å². The van der Waals surface area contributed by atoms with Crippen LogP contribution in [0.15, 0.2) is 34.0 Å². The number of hydrogen-bond acceptors (Lipinski definition) is 5. The molecule has 2 rings (SSSR count). The lowest BCUT2D eigenvalue weighted by molar-refractivity contribution is 0.528. The zero-order valence-electron chi connectivity index (χ0n) is 8.30. The summed E-state index contributed by atoms with van der Waals surface area (Å²) < 4.78 is 5.32. The van der Waals surface area contributed by atoms with Crippen LogP contribution in [0.25, 0.3) is 0 Å². The summed E-state index contributed by atoms with van der Waals surface area (Å²) in [6.07, 6.45) is 3.35. The first-order valence-corrected chi connectivity index (χ1v) is 5.48. The van der Waals surface area contributed by atoms with Crippen molar-refractivity contribution < 1.29 is 4.42 Å². The number of nitrogen functional groups attached to an aromatic ring is 1. The van der Waals surface area contributed by atoms with Gasteiger partial charge in [0.15, 0.2) is 0 Å². The van der Waals surface area contributed by atoms with Crippen molar-refractivity contribution in [3.63, 3.8) is 0 Å². The average Bonchev–Trinajstić information content (AvgIpc) is 2.61. The fourth-order valence-electron chi connectivity index (χ4n) is 1.13. The van der Waals surface area contributed by atoms with Gasteiger partial charge in [-0.25, -0.2) is 9.97 Å². The fourth-order valence-corrected chi connectivity index (χ4v) is 2.02. The molecule has 0 saturated heterocycles. The molecule has 2 aromatic heterocycles. The lowest BCUT2D eigenvalue weighted by atomic mass is 10.3. The van der Waals surface area contributed by atoms with Gasteiger partial charge < -0.3 is 10.2 Å². The maximum atomic E-state index is 5.48. The van der Waals surface area contributed by atoms with E-state index in [0.717, 1.165) is 22.1 Å². The lowest BCUT2D eigenvalue weighted by Gasteiger charge is -1.99. The number of nitrogens with two attached hydrogens (primary N) is 1. The Hall–Kier alpha value is -1.49. The van der Waals surface area contributed by atoms with E-state index in [-0.39, 0.29) is 0 Å². The van der Waals surface area contributed by atoms with Crippen LogP contribution in [-0.2, 0) is 5.75 Å². The van der Waals surface area contributed by atoms with Crippen LogP contribution in [0.4, 0.5) is 5.95 Å². The highest BCUT2D eigenvalue weighted by Crippen LogP contribution is 2.23. The molecule has 0 saturated carbocycles. The van der Waals surface area contributed by atoms with Gasteiger partial charge in [0.1, 0.15) is 10.8 Å². The number of thioether (sulfide) groups is 1. The van der Waals surface area contributed by atoms with E-state index in [4.69, 9.17) is 10.2 Å². The van der Waals surface area contributed by atoms with Gasteiger partial charge in [0, 0.05) is 6.20 Å². The molecule has 2 aromatic rings. The fraction of sp³-hybridized carbons (Fsp3) is 0.200. The minimum atomic E-state index is 0.302. The van der Waals surface area contributed by atoms with Gasteiger partial charge in [-0.2, -0.15) is 0 Å². The molecule has 0 spiro atoms. The molecule has 0 bridgehead atoms. The van der Waals surface area contributed by atoms with Crippen molar-refractivity contribution in [2.75, 3.05) is 5.73 Å². The first kappa shape index (κ1) is 10.0. The Morgan fingerprint density at radius 3 is 3.00 bits per heavy atom. The largest absolute Gasteiger partial charge is 0.468 e. The van der Waals surface area contributed by atoms with Gasteiger partial charge >= 0.3 is 0 Å². The average molecular weight is 221 g/mol. The van der Waals surface area contributed by atoms with Crippen molar-refractivity contribution in [1.29, 1.82) is 0 Å². The van der Waals surface area contributed by atoms with Gasteiger partial charge in [0.05, 0.1) is 12.0 Å². The Labute approximate surface area is 91.9 Å². The lowest BCUT2D eigenvalue weighted by Crippen LogP contribution is -1.94. The third kappa shape index (κ3) is 2.50. The standard InChI is InChI=1S/C10H11N3OS/c1-7-3-5-14-8(7)6-15-9-2-4-12-10(11)13-9/h2-5H,6H2,1H3,(H2,11,12,13). The molecule has 78 valence electrons. The summed E-state index contributed by atoms with van der Waals surface area (Å²) in [4.78, 5) is 7.92. The molecule has 0 radical (unpaired) electrons. The van der Waals surface area contributed by atoms with Gasteiger partial charge in [-0.15, -0.1) is 0 Å². The predicted molar refractivity (Wildman–Crippen MR) is 59.5 cm³/mol. The molecule has 0 atom stereocenters. The molecule has 0 amide bonds. The minimum Gasteiger partial charge on any atom is -0.468 e. The maximum Gasteiger partial charge on any atom is 0.221 e. The molecule has 0 aliphatic heterocycles. The monoisotopic (exact) mass is 221 g/mol. The van der Waals surface area contributed by atoms with Crippen molar-refractivity contribution in [1.82, 2.24) is 9.97 Å². The number of hydrogen-bond donors (Lipinski definition) is 1. The molecule has 2 heterocycles. The summed E-state index contributed by atoms with van der Waals surface area (Å²) in [7, 11) is 0. The predicted octanol–water partition coefficient (Wildman–Crippen LogP) is 2.25. The van der Waals surface area contributed by atoms with Gasteiger partial charge in [-0.05, 0) is 24.6 Å². The van der Waals surface area contributed by atoms with Crippen LogP contribution in [0.1, 0.15) is 11.3 Å². The quantitative estimate of drug-likeness (QED) is 0.636. The highest BCUT2D eigenvalue weighted by molar-refractivity contribution is 7.98. The Morgan fingerprint density at radius 2 is 2.33 bits per heavy atom. The second kappa shape index (κ2) is 4.35. The van der Waals surface area contributed by atoms with E-state index < -0.39 is 0 Å². The summed E-state index contributed by atoms with van der Waals surface area (Å²) >= 11 is 1.58. The van der Waals surface area contributed by atoms with E-state index in [0.29, 0.717) is 5.95 Å². The first-order valence-electron chi connectivity index (χ1n) is 4.50. The van der Waals surface area contributed by atoms with Crippen molar-refractivity contribution in [3.05, 3.63) is 35.9 Å². The Kier molecular flexibility index (Phi) is 2.91. The second-order valence-corrected chi connectivity index (χ2v) is 4.06. The van der Waals surface area contributed by atoms with Crippen molar-refractivity contribution in [2.24, 2.45) is 0 Å². The van der Waals surface area contributed by atoms with Crippen LogP contribution in [-0.4, -0.2) is 9.97 Å². The molecule has 0 unspecified atom stereocenters. The van der Waals surface area contributed by atoms with Gasteiger partial charge in [0.25, 0.3) is 0 Å². The van der Waals surface area contributed by atoms with E-state index in [1.54, 1.807) is 24.2 Å². The Bertz CT molecular complexity index is 455. The number of nitrogens with zero attached hydrogens (tertiary/aromatic N) is 2. The van der Waals surface area contributed by atoms with Crippen molar-refractivity contribution in [3.8, 4) is 0 Å². The van der Waals surface area contributed by atoms with Gasteiger partial charge in [0.2, 0.25) is 5.95 Å². The van der Waals surface area contributed by atoms with Crippen molar-refractivity contribution in [2.45, 2.75) is 17.7 Å². The summed E-state index contributed by atoms with van der Waals surface area (Å²) in [6, 6.07) is 3.78. The molecular weight excluding hydrogens is 210 g/mol. The third-order valence-electron chi connectivity index (χ3n) is 1.97. The minimum absolute atomic E-state index is 0.302. The van der Waals surface area contributed by atoms with Crippen LogP contribution in [0, 0.1) is 6.92 Å². The second-order valence-electron chi connectivity index (χ2n) is 3.07. The molecule has 15 heavy (non-hydrogen) atoms. The summed E-state index contributed by atoms with van der Waals surface area (Å²) in [5.41, 5.74) is 6.64. The first-order chi connectivity index (χ1) is 7.25. The smallest absolute Gasteiger partial charge is 0.221 e. The molecule has 4 nitrogen and oxygen atoms in total. The summed E-state index contributed by atoms with van der Waals surface area (Å²) in [6.45, 7) is 2.02. The Balaban J connectivity index is 2.02. The highest BCUT2D eigenvalue weighted by atomic mass is 32.2. The SMILES string of the molecule is Cc1ccoc1CSc1ccnc(N)n1. The van der Waals surface area contributed by atoms with Crippen LogP contribution < -0.4 is 5.73 Å². The number of aryl methyl sites for hydroxylation is 1. The van der Waals surface area contributed by atoms with Crippen molar-refractivity contribution >= 4 is 17.7 Å². The Morgan fingerprint density at radius 1 is 1.47 bits per heavy atom. The number of rotatable bonds is 3. The van der Waals surface area contributed by atoms with Crippen LogP contribution >= 0.6 is 11.8 Å². The normalized spacial score (nSPS) is 10.5. The van der Waals surface area contributed by atoms with E-state index in [9.17, 15) is 0 Å². The van der Waals surface area contributed by atoms with Crippen LogP contribution in [0.5, 0.6) is 0 Å². The van der Waals surface area contributed by atoms with E-state index >= 15 is 0 Å². The molecule has 0 aliphatic rings. The summed E-state index contributed by atoms with van der Waals surface area (Å²) in [5, 5.41) is 0.860. The van der Waals surface area contributed by atoms with Gasteiger partial charge in [-0.1, -0.05) is 11.8 Å². The zero-order valence-corrected chi connectivity index (χ0v) is 9.12.